The van der Waals surface area contributed by atoms with Gasteiger partial charge in [0.1, 0.15) is 6.54 Å². The lowest BCUT2D eigenvalue weighted by Gasteiger charge is -2.22. The van der Waals surface area contributed by atoms with Crippen LogP contribution in [-0.4, -0.2) is 49.2 Å². The van der Waals surface area contributed by atoms with Gasteiger partial charge in [-0.15, -0.1) is 0 Å². The number of carbonyl (C=O) groups excluding carboxylic acids is 2. The van der Waals surface area contributed by atoms with Gasteiger partial charge >= 0.3 is 6.03 Å². The van der Waals surface area contributed by atoms with Gasteiger partial charge in [0.25, 0.3) is 0 Å². The molecule has 1 fully saturated rings. The Labute approximate surface area is 151 Å². The summed E-state index contributed by atoms with van der Waals surface area (Å²) in [6.07, 6.45) is 2.01. The summed E-state index contributed by atoms with van der Waals surface area (Å²) < 4.78 is 5.46. The molecule has 2 N–H and O–H groups in total. The lowest BCUT2D eigenvalue weighted by atomic mass is 10.2. The van der Waals surface area contributed by atoms with Crippen molar-refractivity contribution in [3.05, 3.63) is 28.2 Å². The Kier molecular flexibility index (Phi) is 7.15. The van der Waals surface area contributed by atoms with E-state index in [-0.39, 0.29) is 24.6 Å². The predicted octanol–water partition coefficient (Wildman–Crippen LogP) is 3.14. The van der Waals surface area contributed by atoms with Crippen LogP contribution in [0.3, 0.4) is 0 Å². The van der Waals surface area contributed by atoms with Crippen LogP contribution < -0.4 is 10.6 Å². The number of halogens is 2. The topological polar surface area (TPSA) is 70.7 Å². The van der Waals surface area contributed by atoms with E-state index in [2.05, 4.69) is 10.6 Å². The summed E-state index contributed by atoms with van der Waals surface area (Å²) in [4.78, 5) is 25.8. The molecule has 0 aliphatic carbocycles. The molecule has 8 heteroatoms. The first kappa shape index (κ1) is 18.8. The van der Waals surface area contributed by atoms with Crippen molar-refractivity contribution in [2.75, 3.05) is 31.6 Å². The van der Waals surface area contributed by atoms with Gasteiger partial charge < -0.3 is 20.3 Å². The van der Waals surface area contributed by atoms with E-state index in [1.165, 1.54) is 4.90 Å². The maximum absolute atomic E-state index is 12.2. The highest BCUT2D eigenvalue weighted by atomic mass is 35.5. The number of hydrogen-bond acceptors (Lipinski definition) is 3. The number of rotatable bonds is 6. The smallest absolute Gasteiger partial charge is 0.317 e. The molecule has 0 aromatic heterocycles. The summed E-state index contributed by atoms with van der Waals surface area (Å²) in [6.45, 7) is 3.31. The third-order valence-electron chi connectivity index (χ3n) is 3.74. The van der Waals surface area contributed by atoms with E-state index in [4.69, 9.17) is 27.9 Å². The SMILES string of the molecule is CCN(CC(=O)Nc1c(Cl)cccc1Cl)C(=O)NC[C@@H]1CCCO1. The first-order valence-corrected chi connectivity index (χ1v) is 8.65. The van der Waals surface area contributed by atoms with Crippen LogP contribution in [0.2, 0.25) is 10.0 Å². The average molecular weight is 374 g/mol. The monoisotopic (exact) mass is 373 g/mol. The molecule has 1 atom stereocenters. The number of carbonyl (C=O) groups is 2. The van der Waals surface area contributed by atoms with Crippen LogP contribution in [0.4, 0.5) is 10.5 Å². The van der Waals surface area contributed by atoms with Crippen molar-refractivity contribution < 1.29 is 14.3 Å². The minimum atomic E-state index is -0.362. The number of benzene rings is 1. The molecule has 1 aromatic carbocycles. The van der Waals surface area contributed by atoms with E-state index in [1.807, 2.05) is 0 Å². The summed E-state index contributed by atoms with van der Waals surface area (Å²) in [5, 5.41) is 6.14. The van der Waals surface area contributed by atoms with E-state index in [1.54, 1.807) is 25.1 Å². The molecule has 0 radical (unpaired) electrons. The molecule has 3 amide bonds. The Balaban J connectivity index is 1.86. The van der Waals surface area contributed by atoms with Crippen molar-refractivity contribution in [1.29, 1.82) is 0 Å². The number of nitrogens with zero attached hydrogens (tertiary/aromatic N) is 1. The number of ether oxygens (including phenoxy) is 1. The van der Waals surface area contributed by atoms with Gasteiger partial charge in [0, 0.05) is 19.7 Å². The predicted molar refractivity (Wildman–Crippen MR) is 94.7 cm³/mol. The largest absolute Gasteiger partial charge is 0.376 e. The minimum absolute atomic E-state index is 0.0587. The van der Waals surface area contributed by atoms with Gasteiger partial charge in [-0.1, -0.05) is 29.3 Å². The maximum Gasteiger partial charge on any atom is 0.317 e. The zero-order valence-corrected chi connectivity index (χ0v) is 15.0. The molecule has 1 heterocycles. The molecule has 1 aromatic rings. The number of hydrogen-bond donors (Lipinski definition) is 2. The van der Waals surface area contributed by atoms with Crippen LogP contribution in [0, 0.1) is 0 Å². The van der Waals surface area contributed by atoms with Gasteiger partial charge in [0.15, 0.2) is 0 Å². The molecule has 24 heavy (non-hydrogen) atoms. The molecular weight excluding hydrogens is 353 g/mol. The number of nitrogens with one attached hydrogen (secondary N) is 2. The van der Waals surface area contributed by atoms with Gasteiger partial charge in [-0.3, -0.25) is 4.79 Å². The molecule has 1 aliphatic heterocycles. The summed E-state index contributed by atoms with van der Waals surface area (Å²) in [7, 11) is 0. The third kappa shape index (κ3) is 5.26. The highest BCUT2D eigenvalue weighted by molar-refractivity contribution is 6.39. The molecule has 1 aliphatic rings. The average Bonchev–Trinajstić information content (AvgIpc) is 3.07. The highest BCUT2D eigenvalue weighted by Crippen LogP contribution is 2.29. The van der Waals surface area contributed by atoms with Gasteiger partial charge in [0.05, 0.1) is 21.8 Å². The Bertz CT molecular complexity index is 572. The van der Waals surface area contributed by atoms with E-state index < -0.39 is 0 Å². The second-order valence-electron chi connectivity index (χ2n) is 5.48. The number of amides is 3. The summed E-state index contributed by atoms with van der Waals surface area (Å²) >= 11 is 12.0. The van der Waals surface area contributed by atoms with Crippen LogP contribution in [0.25, 0.3) is 0 Å². The van der Waals surface area contributed by atoms with Crippen molar-refractivity contribution in [3.8, 4) is 0 Å². The first-order valence-electron chi connectivity index (χ1n) is 7.89. The number of anilines is 1. The van der Waals surface area contributed by atoms with Crippen LogP contribution in [0.5, 0.6) is 0 Å². The van der Waals surface area contributed by atoms with Gasteiger partial charge in [-0.25, -0.2) is 4.79 Å². The standard InChI is InChI=1S/C16H21Cl2N3O3/c1-2-21(16(23)19-9-11-5-4-8-24-11)10-14(22)20-15-12(17)6-3-7-13(15)18/h3,6-7,11H,2,4-5,8-10H2,1H3,(H,19,23)(H,20,22)/t11-/m0/s1. The Morgan fingerprint density at radius 2 is 2.04 bits per heavy atom. The van der Waals surface area contributed by atoms with E-state index in [0.29, 0.717) is 28.8 Å². The fraction of sp³-hybridized carbons (Fsp3) is 0.500. The van der Waals surface area contributed by atoms with Crippen molar-refractivity contribution in [2.24, 2.45) is 0 Å². The Morgan fingerprint density at radius 1 is 1.33 bits per heavy atom. The van der Waals surface area contributed by atoms with Gasteiger partial charge in [-0.05, 0) is 31.9 Å². The molecule has 0 bridgehead atoms. The molecular formula is C16H21Cl2N3O3. The van der Waals surface area contributed by atoms with Crippen LogP contribution in [0.15, 0.2) is 18.2 Å². The zero-order valence-electron chi connectivity index (χ0n) is 13.5. The van der Waals surface area contributed by atoms with E-state index in [9.17, 15) is 9.59 Å². The van der Waals surface area contributed by atoms with Gasteiger partial charge in [-0.2, -0.15) is 0 Å². The quantitative estimate of drug-likeness (QED) is 0.804. The minimum Gasteiger partial charge on any atom is -0.376 e. The fourth-order valence-corrected chi connectivity index (χ4v) is 2.91. The second kappa shape index (κ2) is 9.11. The molecule has 0 unspecified atom stereocenters. The molecule has 6 nitrogen and oxygen atoms in total. The van der Waals surface area contributed by atoms with Crippen LogP contribution >= 0.6 is 23.2 Å². The molecule has 2 rings (SSSR count). The van der Waals surface area contributed by atoms with Crippen molar-refractivity contribution >= 4 is 40.8 Å². The van der Waals surface area contributed by atoms with Crippen LogP contribution in [0.1, 0.15) is 19.8 Å². The number of para-hydroxylation sites is 1. The van der Waals surface area contributed by atoms with Crippen molar-refractivity contribution in [1.82, 2.24) is 10.2 Å². The third-order valence-corrected chi connectivity index (χ3v) is 4.37. The summed E-state index contributed by atoms with van der Waals surface area (Å²) in [5.41, 5.74) is 0.349. The van der Waals surface area contributed by atoms with Crippen LogP contribution in [-0.2, 0) is 9.53 Å². The zero-order chi connectivity index (χ0) is 17.5. The highest BCUT2D eigenvalue weighted by Gasteiger charge is 2.20. The summed E-state index contributed by atoms with van der Waals surface area (Å²) in [6, 6.07) is 4.66. The van der Waals surface area contributed by atoms with Crippen molar-refractivity contribution in [3.63, 3.8) is 0 Å². The fourth-order valence-electron chi connectivity index (χ4n) is 2.42. The van der Waals surface area contributed by atoms with Crippen molar-refractivity contribution in [2.45, 2.75) is 25.9 Å². The maximum atomic E-state index is 12.2. The molecule has 0 saturated carbocycles. The Morgan fingerprint density at radius 3 is 2.62 bits per heavy atom. The Hall–Kier alpha value is -1.50. The first-order chi connectivity index (χ1) is 11.5. The van der Waals surface area contributed by atoms with Gasteiger partial charge in [0.2, 0.25) is 5.91 Å². The number of likely N-dealkylation sites (N-methyl/N-ethyl adjacent to an activating group) is 1. The lowest BCUT2D eigenvalue weighted by molar-refractivity contribution is -0.116. The van der Waals surface area contributed by atoms with E-state index in [0.717, 1.165) is 19.4 Å². The molecule has 132 valence electrons. The summed E-state index contributed by atoms with van der Waals surface area (Å²) in [5.74, 6) is -0.362. The normalized spacial score (nSPS) is 16.7. The second-order valence-corrected chi connectivity index (χ2v) is 6.29. The lowest BCUT2D eigenvalue weighted by Crippen LogP contribution is -2.45. The molecule has 1 saturated heterocycles. The molecule has 0 spiro atoms. The van der Waals surface area contributed by atoms with E-state index >= 15 is 0 Å². The number of urea groups is 1.